The van der Waals surface area contributed by atoms with Gasteiger partial charge in [-0.3, -0.25) is 5.32 Å². The van der Waals surface area contributed by atoms with Gasteiger partial charge in [-0.05, 0) is 23.8 Å². The lowest BCUT2D eigenvalue weighted by atomic mass is 10.2. The molecule has 0 spiro atoms. The van der Waals surface area contributed by atoms with Crippen molar-refractivity contribution in [2.45, 2.75) is 6.54 Å². The third-order valence-electron chi connectivity index (χ3n) is 3.36. The van der Waals surface area contributed by atoms with Crippen molar-refractivity contribution in [3.05, 3.63) is 54.0 Å². The summed E-state index contributed by atoms with van der Waals surface area (Å²) >= 11 is 0. The predicted molar refractivity (Wildman–Crippen MR) is 78.2 cm³/mol. The van der Waals surface area contributed by atoms with Crippen LogP contribution in [0.25, 0.3) is 0 Å². The smallest absolute Gasteiger partial charge is 0.128 e. The molecule has 2 aromatic rings. The zero-order chi connectivity index (χ0) is 13.8. The molecule has 1 aromatic heterocycles. The normalized spacial score (nSPS) is 14.6. The average Bonchev–Trinajstić information content (AvgIpc) is 3.01. The summed E-state index contributed by atoms with van der Waals surface area (Å²) < 4.78 is 12.8. The van der Waals surface area contributed by atoms with Crippen LogP contribution in [0.5, 0.6) is 0 Å². The maximum atomic E-state index is 12.8. The lowest BCUT2D eigenvalue weighted by Gasteiger charge is -2.17. The van der Waals surface area contributed by atoms with Crippen LogP contribution in [-0.4, -0.2) is 24.7 Å². The molecule has 1 aromatic carbocycles. The van der Waals surface area contributed by atoms with Gasteiger partial charge < -0.3 is 10.2 Å². The fourth-order valence-electron chi connectivity index (χ4n) is 2.24. The molecular weight excluding hydrogens is 255 g/mol. The second-order valence-corrected chi connectivity index (χ2v) is 4.80. The topological polar surface area (TPSA) is 40.2 Å². The first-order chi connectivity index (χ1) is 9.81. The molecular formula is C15H17FN4. The van der Waals surface area contributed by atoms with Crippen LogP contribution in [0.15, 0.2) is 42.6 Å². The largest absolute Gasteiger partial charge is 0.366 e. The van der Waals surface area contributed by atoms with Crippen molar-refractivity contribution in [2.24, 2.45) is 0 Å². The summed E-state index contributed by atoms with van der Waals surface area (Å²) in [7, 11) is 0. The molecule has 0 amide bonds. The van der Waals surface area contributed by atoms with Gasteiger partial charge in [0.05, 0.1) is 6.67 Å². The van der Waals surface area contributed by atoms with Crippen molar-refractivity contribution in [2.75, 3.05) is 30.0 Å². The Bertz CT molecular complexity index is 564. The monoisotopic (exact) mass is 272 g/mol. The quantitative estimate of drug-likeness (QED) is 0.895. The number of aromatic nitrogens is 1. The minimum absolute atomic E-state index is 0.213. The molecule has 4 nitrogen and oxygen atoms in total. The van der Waals surface area contributed by atoms with Gasteiger partial charge in [-0.25, -0.2) is 9.37 Å². The summed E-state index contributed by atoms with van der Waals surface area (Å²) in [4.78, 5) is 6.58. The Morgan fingerprint density at radius 1 is 1.25 bits per heavy atom. The molecule has 1 aliphatic heterocycles. The Kier molecular flexibility index (Phi) is 3.78. The minimum Gasteiger partial charge on any atom is -0.366 e. The van der Waals surface area contributed by atoms with Gasteiger partial charge >= 0.3 is 0 Å². The first kappa shape index (κ1) is 12.9. The molecule has 2 N–H and O–H groups in total. The molecule has 3 rings (SSSR count). The van der Waals surface area contributed by atoms with Crippen LogP contribution in [0.2, 0.25) is 0 Å². The van der Waals surface area contributed by atoms with E-state index in [1.54, 1.807) is 18.3 Å². The third kappa shape index (κ3) is 3.05. The Morgan fingerprint density at radius 2 is 2.10 bits per heavy atom. The second-order valence-electron chi connectivity index (χ2n) is 4.80. The van der Waals surface area contributed by atoms with Crippen LogP contribution < -0.4 is 15.5 Å². The van der Waals surface area contributed by atoms with E-state index in [-0.39, 0.29) is 5.82 Å². The molecule has 0 saturated carbocycles. The molecule has 0 atom stereocenters. The standard InChI is InChI=1S/C15H17FN4/c16-13-3-1-12(2-4-13)10-19-15-9-14(5-6-18-15)20-8-7-17-11-20/h1-6,9,17H,7-8,10-11H2,(H,18,19). The van der Waals surface area contributed by atoms with Crippen LogP contribution in [0, 0.1) is 5.82 Å². The number of anilines is 2. The van der Waals surface area contributed by atoms with Gasteiger partial charge in [-0.1, -0.05) is 12.1 Å². The van der Waals surface area contributed by atoms with Gasteiger partial charge in [-0.2, -0.15) is 0 Å². The lowest BCUT2D eigenvalue weighted by molar-refractivity contribution is 0.627. The van der Waals surface area contributed by atoms with E-state index in [1.165, 1.54) is 12.1 Å². The van der Waals surface area contributed by atoms with Crippen molar-refractivity contribution < 1.29 is 4.39 Å². The number of rotatable bonds is 4. The van der Waals surface area contributed by atoms with E-state index in [4.69, 9.17) is 0 Å². The second kappa shape index (κ2) is 5.88. The van der Waals surface area contributed by atoms with E-state index >= 15 is 0 Å². The Hall–Kier alpha value is -2.14. The van der Waals surface area contributed by atoms with Gasteiger partial charge in [-0.15, -0.1) is 0 Å². The number of benzene rings is 1. The predicted octanol–water partition coefficient (Wildman–Crippen LogP) is 2.20. The Balaban J connectivity index is 1.65. The molecule has 1 fully saturated rings. The first-order valence-electron chi connectivity index (χ1n) is 6.71. The summed E-state index contributed by atoms with van der Waals surface area (Å²) in [6.07, 6.45) is 1.81. The van der Waals surface area contributed by atoms with Crippen LogP contribution in [0.4, 0.5) is 15.9 Å². The SMILES string of the molecule is Fc1ccc(CNc2cc(N3CCNC3)ccn2)cc1. The zero-order valence-electron chi connectivity index (χ0n) is 11.1. The van der Waals surface area contributed by atoms with Gasteiger partial charge in [0.1, 0.15) is 11.6 Å². The summed E-state index contributed by atoms with van der Waals surface area (Å²) in [5.74, 6) is 0.620. The molecule has 20 heavy (non-hydrogen) atoms. The third-order valence-corrected chi connectivity index (χ3v) is 3.36. The number of nitrogens with zero attached hydrogens (tertiary/aromatic N) is 2. The fraction of sp³-hybridized carbons (Fsp3) is 0.267. The molecule has 0 bridgehead atoms. The zero-order valence-corrected chi connectivity index (χ0v) is 11.1. The fourth-order valence-corrected chi connectivity index (χ4v) is 2.24. The number of nitrogens with one attached hydrogen (secondary N) is 2. The van der Waals surface area contributed by atoms with E-state index in [2.05, 4.69) is 20.5 Å². The van der Waals surface area contributed by atoms with E-state index < -0.39 is 0 Å². The van der Waals surface area contributed by atoms with Crippen molar-refractivity contribution >= 4 is 11.5 Å². The van der Waals surface area contributed by atoms with Gasteiger partial charge in [0.2, 0.25) is 0 Å². The molecule has 0 radical (unpaired) electrons. The van der Waals surface area contributed by atoms with E-state index in [9.17, 15) is 4.39 Å². The maximum absolute atomic E-state index is 12.8. The van der Waals surface area contributed by atoms with Gasteiger partial charge in [0.15, 0.2) is 0 Å². The van der Waals surface area contributed by atoms with Crippen LogP contribution >= 0.6 is 0 Å². The average molecular weight is 272 g/mol. The van der Waals surface area contributed by atoms with Crippen molar-refractivity contribution in [1.29, 1.82) is 0 Å². The summed E-state index contributed by atoms with van der Waals surface area (Å²) in [6.45, 7) is 3.54. The molecule has 2 heterocycles. The number of hydrogen-bond donors (Lipinski definition) is 2. The summed E-state index contributed by atoms with van der Waals surface area (Å²) in [5, 5.41) is 6.57. The first-order valence-corrected chi connectivity index (χ1v) is 6.71. The van der Waals surface area contributed by atoms with Crippen LogP contribution in [-0.2, 0) is 6.54 Å². The summed E-state index contributed by atoms with van der Waals surface area (Å²) in [6, 6.07) is 10.5. The number of hydrogen-bond acceptors (Lipinski definition) is 4. The highest BCUT2D eigenvalue weighted by Crippen LogP contribution is 2.18. The van der Waals surface area contributed by atoms with Crippen LogP contribution in [0.1, 0.15) is 5.56 Å². The highest BCUT2D eigenvalue weighted by Gasteiger charge is 2.11. The van der Waals surface area contributed by atoms with Gasteiger partial charge in [0, 0.05) is 37.6 Å². The van der Waals surface area contributed by atoms with Crippen molar-refractivity contribution in [1.82, 2.24) is 10.3 Å². The molecule has 0 aliphatic carbocycles. The highest BCUT2D eigenvalue weighted by molar-refractivity contribution is 5.54. The summed E-state index contributed by atoms with van der Waals surface area (Å²) in [5.41, 5.74) is 2.19. The Morgan fingerprint density at radius 3 is 2.85 bits per heavy atom. The van der Waals surface area contributed by atoms with Crippen LogP contribution in [0.3, 0.4) is 0 Å². The van der Waals surface area contributed by atoms with E-state index in [0.717, 1.165) is 36.8 Å². The molecule has 1 aliphatic rings. The highest BCUT2D eigenvalue weighted by atomic mass is 19.1. The molecule has 5 heteroatoms. The Labute approximate surface area is 117 Å². The lowest BCUT2D eigenvalue weighted by Crippen LogP contribution is -2.21. The van der Waals surface area contributed by atoms with E-state index in [1.807, 2.05) is 12.1 Å². The van der Waals surface area contributed by atoms with Crippen molar-refractivity contribution in [3.8, 4) is 0 Å². The molecule has 104 valence electrons. The molecule has 1 saturated heterocycles. The number of pyridine rings is 1. The maximum Gasteiger partial charge on any atom is 0.128 e. The minimum atomic E-state index is -0.213. The number of halogens is 1. The molecule has 0 unspecified atom stereocenters. The van der Waals surface area contributed by atoms with Gasteiger partial charge in [0.25, 0.3) is 0 Å². The van der Waals surface area contributed by atoms with Crippen molar-refractivity contribution in [3.63, 3.8) is 0 Å². The van der Waals surface area contributed by atoms with E-state index in [0.29, 0.717) is 6.54 Å².